The van der Waals surface area contributed by atoms with Crippen LogP contribution in [-0.4, -0.2) is 41.2 Å². The SMILES string of the molecule is COC1(c2cccc(-c3c[nH]c4cnc(CC(N)=O)cc34)n2)CCOC1. The van der Waals surface area contributed by atoms with Gasteiger partial charge in [-0.25, -0.2) is 4.98 Å². The summed E-state index contributed by atoms with van der Waals surface area (Å²) >= 11 is 0. The highest BCUT2D eigenvalue weighted by atomic mass is 16.5. The maximum Gasteiger partial charge on any atom is 0.223 e. The summed E-state index contributed by atoms with van der Waals surface area (Å²) in [7, 11) is 1.69. The van der Waals surface area contributed by atoms with E-state index in [1.807, 2.05) is 30.5 Å². The molecule has 0 spiro atoms. The van der Waals surface area contributed by atoms with Gasteiger partial charge in [0.05, 0.1) is 41.8 Å². The Balaban J connectivity index is 1.78. The van der Waals surface area contributed by atoms with E-state index in [1.54, 1.807) is 13.3 Å². The van der Waals surface area contributed by atoms with Crippen LogP contribution in [0.3, 0.4) is 0 Å². The number of ether oxygens (including phenoxy) is 2. The van der Waals surface area contributed by atoms with E-state index in [2.05, 4.69) is 9.97 Å². The number of methoxy groups -OCH3 is 1. The summed E-state index contributed by atoms with van der Waals surface area (Å²) in [5, 5.41) is 0.954. The molecule has 1 fully saturated rings. The number of nitrogens with two attached hydrogens (primary N) is 1. The lowest BCUT2D eigenvalue weighted by Gasteiger charge is -2.25. The van der Waals surface area contributed by atoms with Crippen molar-refractivity contribution in [2.24, 2.45) is 5.73 Å². The molecule has 4 heterocycles. The predicted octanol–water partition coefficient (Wildman–Crippen LogP) is 1.91. The third-order valence-corrected chi connectivity index (χ3v) is 4.85. The molecule has 3 aromatic rings. The van der Waals surface area contributed by atoms with E-state index in [4.69, 9.17) is 20.2 Å². The van der Waals surface area contributed by atoms with Crippen LogP contribution in [-0.2, 0) is 26.3 Å². The van der Waals surface area contributed by atoms with Gasteiger partial charge >= 0.3 is 0 Å². The second-order valence-electron chi connectivity index (χ2n) is 6.48. The molecule has 0 bridgehead atoms. The number of nitrogens with one attached hydrogen (secondary N) is 1. The molecule has 0 aliphatic carbocycles. The summed E-state index contributed by atoms with van der Waals surface area (Å²) in [4.78, 5) is 23.5. The first kappa shape index (κ1) is 16.7. The van der Waals surface area contributed by atoms with Crippen molar-refractivity contribution in [3.63, 3.8) is 0 Å². The molecule has 7 heteroatoms. The van der Waals surface area contributed by atoms with Crippen LogP contribution < -0.4 is 5.73 Å². The van der Waals surface area contributed by atoms with E-state index < -0.39 is 11.5 Å². The highest BCUT2D eigenvalue weighted by Crippen LogP contribution is 2.35. The Kier molecular flexibility index (Phi) is 4.18. The number of fused-ring (bicyclic) bond motifs is 1. The van der Waals surface area contributed by atoms with E-state index in [0.717, 1.165) is 34.3 Å². The molecule has 0 aromatic carbocycles. The number of aromatic nitrogens is 3. The smallest absolute Gasteiger partial charge is 0.223 e. The fourth-order valence-electron chi connectivity index (χ4n) is 3.40. The third-order valence-electron chi connectivity index (χ3n) is 4.85. The maximum absolute atomic E-state index is 11.2. The molecule has 1 aliphatic rings. The van der Waals surface area contributed by atoms with Gasteiger partial charge in [0.15, 0.2) is 0 Å². The minimum absolute atomic E-state index is 0.109. The Hall–Kier alpha value is -2.77. The molecular weight excluding hydrogens is 332 g/mol. The molecule has 26 heavy (non-hydrogen) atoms. The molecule has 1 aliphatic heterocycles. The number of hydrogen-bond acceptors (Lipinski definition) is 5. The Morgan fingerprint density at radius 2 is 2.35 bits per heavy atom. The number of pyridine rings is 2. The number of nitrogens with zero attached hydrogens (tertiary/aromatic N) is 2. The molecule has 1 amide bonds. The topological polar surface area (TPSA) is 103 Å². The van der Waals surface area contributed by atoms with Gasteiger partial charge in [-0.15, -0.1) is 0 Å². The van der Waals surface area contributed by atoms with Crippen LogP contribution in [0.25, 0.3) is 22.2 Å². The van der Waals surface area contributed by atoms with Crippen molar-refractivity contribution in [1.82, 2.24) is 15.0 Å². The molecule has 7 nitrogen and oxygen atoms in total. The van der Waals surface area contributed by atoms with Crippen LogP contribution in [0.2, 0.25) is 0 Å². The van der Waals surface area contributed by atoms with Crippen LogP contribution in [0.1, 0.15) is 17.8 Å². The summed E-state index contributed by atoms with van der Waals surface area (Å²) in [6, 6.07) is 7.78. The largest absolute Gasteiger partial charge is 0.378 e. The Morgan fingerprint density at radius 1 is 1.46 bits per heavy atom. The zero-order valence-corrected chi connectivity index (χ0v) is 14.5. The number of primary amides is 1. The van der Waals surface area contributed by atoms with Gasteiger partial charge in [-0.2, -0.15) is 0 Å². The van der Waals surface area contributed by atoms with Crippen LogP contribution in [0.15, 0.2) is 36.7 Å². The number of hydrogen-bond donors (Lipinski definition) is 2. The summed E-state index contributed by atoms with van der Waals surface area (Å²) in [6.07, 6.45) is 4.50. The van der Waals surface area contributed by atoms with E-state index in [-0.39, 0.29) is 6.42 Å². The van der Waals surface area contributed by atoms with Crippen LogP contribution >= 0.6 is 0 Å². The van der Waals surface area contributed by atoms with Gasteiger partial charge in [-0.1, -0.05) is 6.07 Å². The van der Waals surface area contributed by atoms with E-state index in [9.17, 15) is 4.79 Å². The fourth-order valence-corrected chi connectivity index (χ4v) is 3.40. The molecule has 4 rings (SSSR count). The van der Waals surface area contributed by atoms with Crippen LogP contribution in [0.5, 0.6) is 0 Å². The number of rotatable bonds is 5. The van der Waals surface area contributed by atoms with Gasteiger partial charge in [0.25, 0.3) is 0 Å². The monoisotopic (exact) mass is 352 g/mol. The normalized spacial score (nSPS) is 19.9. The number of carbonyl (C=O) groups is 1. The second-order valence-corrected chi connectivity index (χ2v) is 6.48. The van der Waals surface area contributed by atoms with Gasteiger partial charge in [0.2, 0.25) is 5.91 Å². The van der Waals surface area contributed by atoms with Crippen molar-refractivity contribution >= 4 is 16.8 Å². The summed E-state index contributed by atoms with van der Waals surface area (Å²) in [6.45, 7) is 1.16. The number of amides is 1. The number of aromatic amines is 1. The van der Waals surface area contributed by atoms with Gasteiger partial charge in [-0.3, -0.25) is 9.78 Å². The number of H-pyrrole nitrogens is 1. The fraction of sp³-hybridized carbons (Fsp3) is 0.316. The summed E-state index contributed by atoms with van der Waals surface area (Å²) < 4.78 is 11.3. The minimum Gasteiger partial charge on any atom is -0.378 e. The quantitative estimate of drug-likeness (QED) is 0.730. The van der Waals surface area contributed by atoms with Gasteiger partial charge in [0, 0.05) is 37.3 Å². The van der Waals surface area contributed by atoms with Gasteiger partial charge in [-0.05, 0) is 18.2 Å². The standard InChI is InChI=1S/C19H20N4O3/c1-25-19(5-6-26-11-19)17-4-2-3-15(23-17)14-9-22-16-10-21-12(7-13(14)16)8-18(20)24/h2-4,7,9-10,22H,5-6,8,11H2,1H3,(H2,20,24). The number of carbonyl (C=O) groups excluding carboxylic acids is 1. The Bertz CT molecular complexity index is 960. The lowest BCUT2D eigenvalue weighted by molar-refractivity contribution is -0.117. The first-order chi connectivity index (χ1) is 12.6. The molecule has 134 valence electrons. The third kappa shape index (κ3) is 2.85. The lowest BCUT2D eigenvalue weighted by Crippen LogP contribution is -2.30. The summed E-state index contributed by atoms with van der Waals surface area (Å²) in [5.74, 6) is -0.405. The van der Waals surface area contributed by atoms with Crippen molar-refractivity contribution in [3.05, 3.63) is 48.0 Å². The first-order valence-electron chi connectivity index (χ1n) is 8.46. The van der Waals surface area contributed by atoms with Crippen molar-refractivity contribution in [2.45, 2.75) is 18.4 Å². The van der Waals surface area contributed by atoms with E-state index >= 15 is 0 Å². The van der Waals surface area contributed by atoms with Crippen molar-refractivity contribution < 1.29 is 14.3 Å². The molecule has 0 saturated carbocycles. The molecular formula is C19H20N4O3. The predicted molar refractivity (Wildman–Crippen MR) is 96.3 cm³/mol. The lowest BCUT2D eigenvalue weighted by atomic mass is 9.97. The molecule has 0 radical (unpaired) electrons. The highest BCUT2D eigenvalue weighted by Gasteiger charge is 2.38. The van der Waals surface area contributed by atoms with Crippen molar-refractivity contribution in [3.8, 4) is 11.3 Å². The Labute approximate surface area is 150 Å². The second kappa shape index (κ2) is 6.51. The van der Waals surface area contributed by atoms with E-state index in [0.29, 0.717) is 18.9 Å². The minimum atomic E-state index is -0.499. The first-order valence-corrected chi connectivity index (χ1v) is 8.46. The molecule has 1 atom stereocenters. The van der Waals surface area contributed by atoms with Crippen LogP contribution in [0, 0.1) is 0 Å². The molecule has 1 unspecified atom stereocenters. The van der Waals surface area contributed by atoms with Gasteiger partial charge < -0.3 is 20.2 Å². The average molecular weight is 352 g/mol. The van der Waals surface area contributed by atoms with E-state index in [1.165, 1.54) is 0 Å². The summed E-state index contributed by atoms with van der Waals surface area (Å²) in [5.41, 5.74) is 8.94. The Morgan fingerprint density at radius 3 is 3.08 bits per heavy atom. The highest BCUT2D eigenvalue weighted by molar-refractivity contribution is 5.94. The van der Waals surface area contributed by atoms with Gasteiger partial charge in [0.1, 0.15) is 5.60 Å². The van der Waals surface area contributed by atoms with Crippen LogP contribution in [0.4, 0.5) is 0 Å². The van der Waals surface area contributed by atoms with Crippen molar-refractivity contribution in [1.29, 1.82) is 0 Å². The molecule has 3 aromatic heterocycles. The maximum atomic E-state index is 11.2. The molecule has 1 saturated heterocycles. The average Bonchev–Trinajstić information content (AvgIpc) is 3.29. The zero-order valence-electron chi connectivity index (χ0n) is 14.5. The molecule has 3 N–H and O–H groups in total. The van der Waals surface area contributed by atoms with Crippen molar-refractivity contribution in [2.75, 3.05) is 20.3 Å². The zero-order chi connectivity index (χ0) is 18.1.